The normalized spacial score (nSPS) is 14.0. The Balaban J connectivity index is 0.00000216. The Morgan fingerprint density at radius 1 is 1.02 bits per heavy atom. The first kappa shape index (κ1) is 32.2. The summed E-state index contributed by atoms with van der Waals surface area (Å²) in [6, 6.07) is 15.3. The minimum Gasteiger partial charge on any atom is -0.437 e. The number of nitriles is 1. The average molecular weight is 609 g/mol. The molecule has 11 heteroatoms. The van der Waals surface area contributed by atoms with Crippen LogP contribution >= 0.6 is 0 Å². The lowest BCUT2D eigenvalue weighted by Gasteiger charge is -2.22. The molecule has 230 valence electrons. The number of rotatable bonds is 7. The van der Waals surface area contributed by atoms with Crippen molar-refractivity contribution in [1.29, 1.82) is 5.26 Å². The molecule has 0 bridgehead atoms. The Hall–Kier alpha value is -4.72. The third-order valence-corrected chi connectivity index (χ3v) is 7.43. The second kappa shape index (κ2) is 13.3. The smallest absolute Gasteiger partial charge is 0.389 e. The Labute approximate surface area is 252 Å². The molecule has 5 rings (SSSR count). The van der Waals surface area contributed by atoms with Crippen molar-refractivity contribution in [2.24, 2.45) is 0 Å². The zero-order chi connectivity index (χ0) is 32.1. The number of nitrogens with one attached hydrogen (secondary N) is 2. The summed E-state index contributed by atoms with van der Waals surface area (Å²) in [5, 5.41) is 15.3. The maximum atomic E-state index is 13.6. The van der Waals surface area contributed by atoms with Gasteiger partial charge in [0.1, 0.15) is 17.1 Å². The van der Waals surface area contributed by atoms with E-state index in [0.29, 0.717) is 24.0 Å². The van der Waals surface area contributed by atoms with Crippen LogP contribution in [-0.4, -0.2) is 35.6 Å². The number of halogens is 4. The third kappa shape index (κ3) is 6.91. The van der Waals surface area contributed by atoms with Gasteiger partial charge in [0.05, 0.1) is 22.7 Å². The minimum absolute atomic E-state index is 0.0556. The second-order valence-corrected chi connectivity index (χ2v) is 10.3. The molecule has 1 saturated carbocycles. The van der Waals surface area contributed by atoms with Crippen LogP contribution in [0, 0.1) is 17.1 Å². The van der Waals surface area contributed by atoms with Gasteiger partial charge < -0.3 is 15.1 Å². The minimum atomic E-state index is -4.46. The van der Waals surface area contributed by atoms with Crippen LogP contribution in [0.3, 0.4) is 0 Å². The third-order valence-electron chi connectivity index (χ3n) is 7.43. The van der Waals surface area contributed by atoms with Gasteiger partial charge in [-0.1, -0.05) is 26.0 Å². The number of alkyl halides is 3. The Morgan fingerprint density at radius 2 is 1.70 bits per heavy atom. The van der Waals surface area contributed by atoms with Gasteiger partial charge in [0.2, 0.25) is 5.71 Å². The fourth-order valence-corrected chi connectivity index (χ4v) is 5.28. The van der Waals surface area contributed by atoms with Crippen molar-refractivity contribution >= 4 is 22.9 Å². The number of aromatic nitrogens is 1. The summed E-state index contributed by atoms with van der Waals surface area (Å²) in [7, 11) is 1.42. The molecular formula is C33H32F4N4O3. The van der Waals surface area contributed by atoms with E-state index in [0.717, 1.165) is 12.8 Å². The first-order valence-corrected chi connectivity index (χ1v) is 14.4. The van der Waals surface area contributed by atoms with Crippen LogP contribution in [0.25, 0.3) is 33.6 Å². The van der Waals surface area contributed by atoms with Crippen LogP contribution in [0.1, 0.15) is 72.4 Å². The van der Waals surface area contributed by atoms with Gasteiger partial charge in [0, 0.05) is 30.2 Å². The van der Waals surface area contributed by atoms with Gasteiger partial charge in [-0.15, -0.1) is 0 Å². The quantitative estimate of drug-likeness (QED) is 0.209. The van der Waals surface area contributed by atoms with Gasteiger partial charge >= 0.3 is 6.18 Å². The number of fused-ring (bicyclic) bond motifs is 1. The number of pyridine rings is 1. The molecule has 0 unspecified atom stereocenters. The standard InChI is InChI=1S/C31H26F4N4O3.C2H6/c1-37-28(41)25-23-16-22(19-5-4-6-20(15-19)27(40)39-30(17-36)12-2-3-13-30)24(11-14-31(33,34)35)38-29(23)42-26(25)18-7-9-21(32)10-8-18;1-2/h4-10,15-16H,2-3,11-14H2,1H3,(H,37,41)(H,39,40);1-2H3. The van der Waals surface area contributed by atoms with Crippen molar-refractivity contribution in [3.63, 3.8) is 0 Å². The molecule has 1 aliphatic carbocycles. The molecule has 4 aromatic rings. The molecule has 44 heavy (non-hydrogen) atoms. The molecule has 1 aliphatic rings. The Bertz CT molecular complexity index is 1700. The molecule has 1 fully saturated rings. The number of nitrogens with zero attached hydrogens (tertiary/aromatic N) is 2. The molecule has 2 aromatic heterocycles. The highest BCUT2D eigenvalue weighted by molar-refractivity contribution is 6.11. The molecular weight excluding hydrogens is 576 g/mol. The summed E-state index contributed by atoms with van der Waals surface area (Å²) in [6.07, 6.45) is -3.38. The maximum absolute atomic E-state index is 13.6. The lowest BCUT2D eigenvalue weighted by atomic mass is 9.95. The number of benzene rings is 2. The highest BCUT2D eigenvalue weighted by Gasteiger charge is 2.36. The number of carbonyl (C=O) groups excluding carboxylic acids is 2. The zero-order valence-electron chi connectivity index (χ0n) is 24.6. The summed E-state index contributed by atoms with van der Waals surface area (Å²) < 4.78 is 59.3. The predicted octanol–water partition coefficient (Wildman–Crippen LogP) is 7.75. The Kier molecular flexibility index (Phi) is 9.72. The van der Waals surface area contributed by atoms with Gasteiger partial charge in [-0.25, -0.2) is 9.37 Å². The van der Waals surface area contributed by atoms with E-state index < -0.39 is 42.2 Å². The van der Waals surface area contributed by atoms with Crippen LogP contribution in [-0.2, 0) is 6.42 Å². The molecule has 7 nitrogen and oxygen atoms in total. The van der Waals surface area contributed by atoms with Crippen LogP contribution in [0.2, 0.25) is 0 Å². The topological polar surface area (TPSA) is 108 Å². The van der Waals surface area contributed by atoms with Crippen molar-refractivity contribution in [3.8, 4) is 28.5 Å². The van der Waals surface area contributed by atoms with E-state index in [9.17, 15) is 32.4 Å². The summed E-state index contributed by atoms with van der Waals surface area (Å²) >= 11 is 0. The molecule has 0 spiro atoms. The van der Waals surface area contributed by atoms with E-state index >= 15 is 0 Å². The molecule has 2 aromatic carbocycles. The highest BCUT2D eigenvalue weighted by atomic mass is 19.4. The van der Waals surface area contributed by atoms with Crippen molar-refractivity contribution in [1.82, 2.24) is 15.6 Å². The fourth-order valence-electron chi connectivity index (χ4n) is 5.28. The van der Waals surface area contributed by atoms with E-state index in [1.807, 2.05) is 13.8 Å². The molecule has 2 heterocycles. The summed E-state index contributed by atoms with van der Waals surface area (Å²) in [5.41, 5.74) is 0.421. The number of amides is 2. The van der Waals surface area contributed by atoms with Crippen LogP contribution in [0.15, 0.2) is 59.0 Å². The number of carbonyl (C=O) groups is 2. The number of hydrogen-bond donors (Lipinski definition) is 2. The molecule has 0 atom stereocenters. The van der Waals surface area contributed by atoms with Crippen LogP contribution in [0.4, 0.5) is 17.6 Å². The van der Waals surface area contributed by atoms with E-state index in [-0.39, 0.29) is 39.2 Å². The van der Waals surface area contributed by atoms with Crippen LogP contribution < -0.4 is 10.6 Å². The molecule has 0 saturated heterocycles. The lowest BCUT2D eigenvalue weighted by Crippen LogP contribution is -2.45. The first-order valence-electron chi connectivity index (χ1n) is 14.4. The first-order chi connectivity index (χ1) is 21.0. The maximum Gasteiger partial charge on any atom is 0.389 e. The van der Waals surface area contributed by atoms with Gasteiger partial charge in [-0.2, -0.15) is 18.4 Å². The van der Waals surface area contributed by atoms with Gasteiger partial charge in [-0.05, 0) is 80.1 Å². The summed E-state index contributed by atoms with van der Waals surface area (Å²) in [4.78, 5) is 30.6. The number of hydrogen-bond acceptors (Lipinski definition) is 5. The molecule has 0 aliphatic heterocycles. The van der Waals surface area contributed by atoms with Gasteiger partial charge in [-0.3, -0.25) is 9.59 Å². The molecule has 0 radical (unpaired) electrons. The highest BCUT2D eigenvalue weighted by Crippen LogP contribution is 2.38. The second-order valence-electron chi connectivity index (χ2n) is 10.3. The monoisotopic (exact) mass is 608 g/mol. The number of aryl methyl sites for hydroxylation is 1. The van der Waals surface area contributed by atoms with Gasteiger partial charge in [0.15, 0.2) is 0 Å². The van der Waals surface area contributed by atoms with Crippen molar-refractivity contribution in [3.05, 3.63) is 77.2 Å². The molecule has 2 N–H and O–H groups in total. The van der Waals surface area contributed by atoms with Gasteiger partial charge in [0.25, 0.3) is 11.8 Å². The van der Waals surface area contributed by atoms with Crippen molar-refractivity contribution in [2.75, 3.05) is 7.05 Å². The number of furan rings is 1. The average Bonchev–Trinajstić information content (AvgIpc) is 3.65. The van der Waals surface area contributed by atoms with Crippen molar-refractivity contribution in [2.45, 2.75) is 64.1 Å². The fraction of sp³-hybridized carbons (Fsp3) is 0.333. The van der Waals surface area contributed by atoms with Crippen molar-refractivity contribution < 1.29 is 31.6 Å². The largest absolute Gasteiger partial charge is 0.437 e. The summed E-state index contributed by atoms with van der Waals surface area (Å²) in [5.74, 6) is -1.42. The van der Waals surface area contributed by atoms with E-state index in [2.05, 4.69) is 21.7 Å². The van der Waals surface area contributed by atoms with E-state index in [1.54, 1.807) is 18.2 Å². The van der Waals surface area contributed by atoms with E-state index in [1.165, 1.54) is 43.4 Å². The Morgan fingerprint density at radius 3 is 2.32 bits per heavy atom. The SMILES string of the molecule is CC.CNC(=O)c1c(-c2ccc(F)cc2)oc2nc(CCC(F)(F)F)c(-c3cccc(C(=O)NC4(C#N)CCCC4)c3)cc12. The summed E-state index contributed by atoms with van der Waals surface area (Å²) in [6.45, 7) is 4.00. The molecule has 2 amide bonds. The zero-order valence-corrected chi connectivity index (χ0v) is 24.6. The van der Waals surface area contributed by atoms with Crippen LogP contribution in [0.5, 0.6) is 0 Å². The van der Waals surface area contributed by atoms with E-state index in [4.69, 9.17) is 4.42 Å². The predicted molar refractivity (Wildman–Crippen MR) is 158 cm³/mol. The lowest BCUT2D eigenvalue weighted by molar-refractivity contribution is -0.134.